The zero-order valence-corrected chi connectivity index (χ0v) is 16.2. The van der Waals surface area contributed by atoms with Crippen LogP contribution in [0.15, 0.2) is 4.99 Å². The highest BCUT2D eigenvalue weighted by atomic mass is 15.2. The van der Waals surface area contributed by atoms with Crippen molar-refractivity contribution in [1.29, 1.82) is 0 Å². The summed E-state index contributed by atoms with van der Waals surface area (Å²) in [6, 6.07) is 0. The summed E-state index contributed by atoms with van der Waals surface area (Å²) in [7, 11) is 1.87. The fourth-order valence-corrected chi connectivity index (χ4v) is 3.81. The van der Waals surface area contributed by atoms with Crippen LogP contribution in [0.2, 0.25) is 0 Å². The molecule has 0 spiro atoms. The lowest BCUT2D eigenvalue weighted by Gasteiger charge is -2.41. The van der Waals surface area contributed by atoms with Crippen molar-refractivity contribution in [3.63, 3.8) is 0 Å². The smallest absolute Gasteiger partial charge is 0.191 e. The van der Waals surface area contributed by atoms with E-state index in [2.05, 4.69) is 39.3 Å². The van der Waals surface area contributed by atoms with Gasteiger partial charge >= 0.3 is 0 Å². The van der Waals surface area contributed by atoms with E-state index in [0.29, 0.717) is 0 Å². The first-order valence-corrected chi connectivity index (χ1v) is 10.0. The Balaban J connectivity index is 1.59. The molecule has 2 rings (SSSR count). The van der Waals surface area contributed by atoms with E-state index in [9.17, 15) is 0 Å². The van der Waals surface area contributed by atoms with Gasteiger partial charge < -0.3 is 15.5 Å². The third kappa shape index (κ3) is 6.60. The Labute approximate surface area is 149 Å². The van der Waals surface area contributed by atoms with Gasteiger partial charge in [-0.05, 0) is 85.1 Å². The zero-order valence-electron chi connectivity index (χ0n) is 16.2. The lowest BCUT2D eigenvalue weighted by molar-refractivity contribution is 0.0982. The van der Waals surface area contributed by atoms with Crippen LogP contribution in [-0.4, -0.2) is 74.2 Å². The summed E-state index contributed by atoms with van der Waals surface area (Å²) in [5.41, 5.74) is 0.188. The Bertz CT molecular complexity index is 368. The van der Waals surface area contributed by atoms with Crippen molar-refractivity contribution in [3.8, 4) is 0 Å². The van der Waals surface area contributed by atoms with Gasteiger partial charge in [-0.1, -0.05) is 6.42 Å². The van der Waals surface area contributed by atoms with Crippen molar-refractivity contribution in [2.75, 3.05) is 52.9 Å². The van der Waals surface area contributed by atoms with Crippen LogP contribution >= 0.6 is 0 Å². The van der Waals surface area contributed by atoms with Crippen LogP contribution in [0.4, 0.5) is 0 Å². The third-order valence-electron chi connectivity index (χ3n) is 5.52. The molecule has 2 N–H and O–H groups in total. The lowest BCUT2D eigenvalue weighted by atomic mass is 9.98. The Morgan fingerprint density at radius 2 is 1.58 bits per heavy atom. The maximum Gasteiger partial charge on any atom is 0.191 e. The van der Waals surface area contributed by atoms with E-state index in [4.69, 9.17) is 0 Å². The monoisotopic (exact) mass is 337 g/mol. The summed E-state index contributed by atoms with van der Waals surface area (Å²) < 4.78 is 0. The molecule has 5 heteroatoms. The van der Waals surface area contributed by atoms with Crippen LogP contribution in [0.5, 0.6) is 0 Å². The Kier molecular flexibility index (Phi) is 8.33. The standard InChI is InChI=1S/C19H39N5/c1-19(2,24-15-6-4-7-16-24)17-22-18(20-3)21-11-5-8-12-23-13-9-10-14-23/h4-17H2,1-3H3,(H2,20,21,22). The fourth-order valence-electron chi connectivity index (χ4n) is 3.81. The van der Waals surface area contributed by atoms with Gasteiger partial charge in [-0.25, -0.2) is 0 Å². The van der Waals surface area contributed by atoms with E-state index < -0.39 is 0 Å². The molecule has 0 bridgehead atoms. The third-order valence-corrected chi connectivity index (χ3v) is 5.52. The second-order valence-electron chi connectivity index (χ2n) is 7.97. The van der Waals surface area contributed by atoms with E-state index in [1.165, 1.54) is 77.7 Å². The summed E-state index contributed by atoms with van der Waals surface area (Å²) in [5, 5.41) is 7.00. The molecule has 0 atom stereocenters. The van der Waals surface area contributed by atoms with Crippen molar-refractivity contribution < 1.29 is 0 Å². The largest absolute Gasteiger partial charge is 0.356 e. The van der Waals surface area contributed by atoms with Crippen molar-refractivity contribution in [2.24, 2.45) is 4.99 Å². The highest BCUT2D eigenvalue weighted by Gasteiger charge is 2.27. The number of piperidine rings is 1. The molecule has 0 saturated carbocycles. The van der Waals surface area contributed by atoms with Gasteiger partial charge in [0, 0.05) is 25.7 Å². The Morgan fingerprint density at radius 1 is 0.917 bits per heavy atom. The SMILES string of the molecule is CN=C(NCCCCN1CCCC1)NCC(C)(C)N1CCCCC1. The molecule has 2 saturated heterocycles. The molecular weight excluding hydrogens is 298 g/mol. The number of guanidine groups is 1. The number of hydrogen-bond acceptors (Lipinski definition) is 3. The maximum absolute atomic E-state index is 4.38. The van der Waals surface area contributed by atoms with Gasteiger partial charge in [0.05, 0.1) is 0 Å². The number of likely N-dealkylation sites (tertiary alicyclic amines) is 2. The topological polar surface area (TPSA) is 42.9 Å². The van der Waals surface area contributed by atoms with Crippen molar-refractivity contribution >= 4 is 5.96 Å². The number of unbranched alkanes of at least 4 members (excludes halogenated alkanes) is 1. The molecular formula is C19H39N5. The van der Waals surface area contributed by atoms with Crippen LogP contribution < -0.4 is 10.6 Å². The van der Waals surface area contributed by atoms with Crippen LogP contribution in [0.3, 0.4) is 0 Å². The van der Waals surface area contributed by atoms with Crippen LogP contribution in [0, 0.1) is 0 Å². The second kappa shape index (κ2) is 10.2. The average Bonchev–Trinajstić information content (AvgIpc) is 3.11. The van der Waals surface area contributed by atoms with Crippen molar-refractivity contribution in [3.05, 3.63) is 0 Å². The van der Waals surface area contributed by atoms with Crippen molar-refractivity contribution in [2.45, 2.75) is 64.3 Å². The first-order valence-electron chi connectivity index (χ1n) is 10.0. The van der Waals surface area contributed by atoms with Gasteiger partial charge in [0.15, 0.2) is 5.96 Å². The molecule has 2 heterocycles. The normalized spacial score (nSPS) is 21.2. The number of nitrogens with one attached hydrogen (secondary N) is 2. The minimum Gasteiger partial charge on any atom is -0.356 e. The quantitative estimate of drug-likeness (QED) is 0.405. The second-order valence-corrected chi connectivity index (χ2v) is 7.97. The summed E-state index contributed by atoms with van der Waals surface area (Å²) in [6.45, 7) is 13.0. The molecule has 24 heavy (non-hydrogen) atoms. The molecule has 2 aliphatic rings. The van der Waals surface area contributed by atoms with Crippen LogP contribution in [0.25, 0.3) is 0 Å². The van der Waals surface area contributed by atoms with Gasteiger partial charge in [-0.3, -0.25) is 9.89 Å². The predicted octanol–water partition coefficient (Wildman–Crippen LogP) is 2.29. The Hall–Kier alpha value is -0.810. The Morgan fingerprint density at radius 3 is 2.25 bits per heavy atom. The fraction of sp³-hybridized carbons (Fsp3) is 0.947. The summed E-state index contributed by atoms with van der Waals surface area (Å²) >= 11 is 0. The van der Waals surface area contributed by atoms with Crippen LogP contribution in [-0.2, 0) is 0 Å². The molecule has 0 unspecified atom stereocenters. The van der Waals surface area contributed by atoms with E-state index in [0.717, 1.165) is 19.0 Å². The van der Waals surface area contributed by atoms with E-state index >= 15 is 0 Å². The minimum absolute atomic E-state index is 0.188. The maximum atomic E-state index is 4.38. The van der Waals surface area contributed by atoms with Gasteiger partial charge in [0.1, 0.15) is 0 Å². The first kappa shape index (κ1) is 19.5. The van der Waals surface area contributed by atoms with Gasteiger partial charge in [-0.15, -0.1) is 0 Å². The molecule has 5 nitrogen and oxygen atoms in total. The number of hydrogen-bond donors (Lipinski definition) is 2. The molecule has 0 amide bonds. The highest BCUT2D eigenvalue weighted by molar-refractivity contribution is 5.79. The number of rotatable bonds is 8. The molecule has 2 aliphatic heterocycles. The zero-order chi connectivity index (χ0) is 17.3. The van der Waals surface area contributed by atoms with E-state index in [1.54, 1.807) is 0 Å². The van der Waals surface area contributed by atoms with E-state index in [-0.39, 0.29) is 5.54 Å². The first-order chi connectivity index (χ1) is 11.6. The predicted molar refractivity (Wildman–Crippen MR) is 104 cm³/mol. The van der Waals surface area contributed by atoms with Gasteiger partial charge in [0.2, 0.25) is 0 Å². The molecule has 2 fully saturated rings. The van der Waals surface area contributed by atoms with Gasteiger partial charge in [-0.2, -0.15) is 0 Å². The summed E-state index contributed by atoms with van der Waals surface area (Å²) in [6.07, 6.45) is 9.35. The lowest BCUT2D eigenvalue weighted by Crippen LogP contribution is -2.54. The van der Waals surface area contributed by atoms with Crippen molar-refractivity contribution in [1.82, 2.24) is 20.4 Å². The number of nitrogens with zero attached hydrogens (tertiary/aromatic N) is 3. The highest BCUT2D eigenvalue weighted by Crippen LogP contribution is 2.19. The van der Waals surface area contributed by atoms with Gasteiger partial charge in [0.25, 0.3) is 0 Å². The average molecular weight is 338 g/mol. The van der Waals surface area contributed by atoms with Crippen LogP contribution in [0.1, 0.15) is 58.8 Å². The minimum atomic E-state index is 0.188. The molecule has 140 valence electrons. The molecule has 0 aromatic heterocycles. The number of aliphatic imine (C=N–C) groups is 1. The molecule has 0 aliphatic carbocycles. The summed E-state index contributed by atoms with van der Waals surface area (Å²) in [4.78, 5) is 9.59. The summed E-state index contributed by atoms with van der Waals surface area (Å²) in [5.74, 6) is 0.946. The molecule has 0 radical (unpaired) electrons. The molecule has 0 aromatic carbocycles. The van der Waals surface area contributed by atoms with E-state index in [1.807, 2.05) is 7.05 Å². The molecule has 0 aromatic rings.